The molecular weight excluding hydrogens is 328 g/mol. The van der Waals surface area contributed by atoms with Gasteiger partial charge in [-0.05, 0) is 49.7 Å². The predicted octanol–water partition coefficient (Wildman–Crippen LogP) is 3.14. The van der Waals surface area contributed by atoms with Crippen LogP contribution in [0.4, 0.5) is 0 Å². The molecule has 1 aromatic heterocycles. The number of pyridine rings is 1. The molecule has 0 unspecified atom stereocenters. The van der Waals surface area contributed by atoms with E-state index in [0.717, 1.165) is 67.4 Å². The van der Waals surface area contributed by atoms with Crippen LogP contribution in [0.1, 0.15) is 47.8 Å². The molecule has 1 saturated heterocycles. The number of hydrogen-bond donors (Lipinski definition) is 0. The molecule has 0 bridgehead atoms. The van der Waals surface area contributed by atoms with Crippen LogP contribution in [0.15, 0.2) is 24.3 Å². The lowest BCUT2D eigenvalue weighted by Gasteiger charge is -2.24. The molecule has 1 atom stereocenters. The average molecular weight is 352 g/mol. The highest BCUT2D eigenvalue weighted by Crippen LogP contribution is 2.32. The van der Waals surface area contributed by atoms with Gasteiger partial charge in [-0.2, -0.15) is 0 Å². The predicted molar refractivity (Wildman–Crippen MR) is 99.0 cm³/mol. The summed E-state index contributed by atoms with van der Waals surface area (Å²) in [5.41, 5.74) is 3.42. The minimum Gasteiger partial charge on any atom is -0.452 e. The van der Waals surface area contributed by atoms with Crippen molar-refractivity contribution in [2.45, 2.75) is 39.0 Å². The fourth-order valence-corrected chi connectivity index (χ4v) is 4.05. The number of carbonyl (C=O) groups is 2. The molecule has 4 rings (SSSR count). The van der Waals surface area contributed by atoms with Crippen molar-refractivity contribution in [3.05, 3.63) is 41.1 Å². The van der Waals surface area contributed by atoms with Crippen LogP contribution in [0, 0.1) is 5.92 Å². The van der Waals surface area contributed by atoms with E-state index in [-0.39, 0.29) is 12.5 Å². The van der Waals surface area contributed by atoms with Gasteiger partial charge in [-0.1, -0.05) is 25.1 Å². The van der Waals surface area contributed by atoms with Crippen molar-refractivity contribution in [1.29, 1.82) is 0 Å². The van der Waals surface area contributed by atoms with Crippen molar-refractivity contribution in [3.63, 3.8) is 0 Å². The standard InChI is InChI=1S/C21H24N2O3/c1-14-8-9-18-16(12-14)20(15-6-2-3-7-17(15)22-18)21(25)26-13-19(24)23-10-4-5-11-23/h2-3,6-7,14H,4-5,8-13H2,1H3/t14-/m0/s1. The molecular formula is C21H24N2O3. The number of nitrogens with zero attached hydrogens (tertiary/aromatic N) is 2. The summed E-state index contributed by atoms with van der Waals surface area (Å²) in [6.45, 7) is 3.55. The van der Waals surface area contributed by atoms with E-state index in [1.807, 2.05) is 24.3 Å². The molecule has 1 fully saturated rings. The van der Waals surface area contributed by atoms with Crippen LogP contribution in [0.2, 0.25) is 0 Å². The molecule has 2 heterocycles. The van der Waals surface area contributed by atoms with Crippen LogP contribution in [-0.2, 0) is 22.4 Å². The number of esters is 1. The number of likely N-dealkylation sites (tertiary alicyclic amines) is 1. The topological polar surface area (TPSA) is 59.5 Å². The number of benzene rings is 1. The molecule has 1 aliphatic heterocycles. The number of carbonyl (C=O) groups excluding carboxylic acids is 2. The smallest absolute Gasteiger partial charge is 0.339 e. The molecule has 26 heavy (non-hydrogen) atoms. The van der Waals surface area contributed by atoms with Crippen molar-refractivity contribution in [1.82, 2.24) is 9.88 Å². The van der Waals surface area contributed by atoms with Gasteiger partial charge in [0.05, 0.1) is 11.1 Å². The minimum absolute atomic E-state index is 0.101. The second-order valence-electron chi connectivity index (χ2n) is 7.44. The van der Waals surface area contributed by atoms with Crippen molar-refractivity contribution >= 4 is 22.8 Å². The Hall–Kier alpha value is -2.43. The molecule has 1 amide bonds. The average Bonchev–Trinajstić information content (AvgIpc) is 3.19. The maximum atomic E-state index is 12.9. The van der Waals surface area contributed by atoms with Crippen LogP contribution >= 0.6 is 0 Å². The summed E-state index contributed by atoms with van der Waals surface area (Å²) in [5.74, 6) is 0.0150. The quantitative estimate of drug-likeness (QED) is 0.796. The summed E-state index contributed by atoms with van der Waals surface area (Å²) in [4.78, 5) is 31.7. The third kappa shape index (κ3) is 3.18. The lowest BCUT2D eigenvalue weighted by Crippen LogP contribution is -2.32. The maximum Gasteiger partial charge on any atom is 0.339 e. The number of aromatic nitrogens is 1. The summed E-state index contributed by atoms with van der Waals surface area (Å²) in [7, 11) is 0. The molecule has 1 aliphatic carbocycles. The summed E-state index contributed by atoms with van der Waals surface area (Å²) >= 11 is 0. The third-order valence-corrected chi connectivity index (χ3v) is 5.50. The highest BCUT2D eigenvalue weighted by Gasteiger charge is 2.27. The van der Waals surface area contributed by atoms with E-state index in [4.69, 9.17) is 9.72 Å². The highest BCUT2D eigenvalue weighted by atomic mass is 16.5. The Labute approximate surface area is 153 Å². The first-order valence-corrected chi connectivity index (χ1v) is 9.49. The van der Waals surface area contributed by atoms with Crippen LogP contribution in [0.3, 0.4) is 0 Å². The van der Waals surface area contributed by atoms with E-state index in [1.54, 1.807) is 4.90 Å². The van der Waals surface area contributed by atoms with Gasteiger partial charge in [0.2, 0.25) is 0 Å². The fraction of sp³-hybridized carbons (Fsp3) is 0.476. The Morgan fingerprint density at radius 1 is 1.23 bits per heavy atom. The normalized spacial score (nSPS) is 19.4. The van der Waals surface area contributed by atoms with E-state index in [0.29, 0.717) is 11.5 Å². The monoisotopic (exact) mass is 352 g/mol. The number of fused-ring (bicyclic) bond motifs is 2. The lowest BCUT2D eigenvalue weighted by atomic mass is 9.84. The number of amides is 1. The molecule has 0 N–H and O–H groups in total. The van der Waals surface area contributed by atoms with Gasteiger partial charge in [0, 0.05) is 24.2 Å². The molecule has 136 valence electrons. The van der Waals surface area contributed by atoms with Gasteiger partial charge in [0.1, 0.15) is 0 Å². The van der Waals surface area contributed by atoms with Crippen LogP contribution in [0.25, 0.3) is 10.9 Å². The number of para-hydroxylation sites is 1. The molecule has 5 heteroatoms. The first-order chi connectivity index (χ1) is 12.6. The van der Waals surface area contributed by atoms with E-state index < -0.39 is 5.97 Å². The number of hydrogen-bond acceptors (Lipinski definition) is 4. The van der Waals surface area contributed by atoms with Gasteiger partial charge in [0.15, 0.2) is 6.61 Å². The van der Waals surface area contributed by atoms with Crippen LogP contribution in [-0.4, -0.2) is 41.5 Å². The Morgan fingerprint density at radius 2 is 2.00 bits per heavy atom. The van der Waals surface area contributed by atoms with E-state index in [2.05, 4.69) is 6.92 Å². The molecule has 0 spiro atoms. The summed E-state index contributed by atoms with van der Waals surface area (Å²) < 4.78 is 5.45. The Morgan fingerprint density at radius 3 is 2.81 bits per heavy atom. The summed E-state index contributed by atoms with van der Waals surface area (Å²) in [5, 5.41) is 0.818. The Kier molecular flexibility index (Phi) is 4.62. The number of aryl methyl sites for hydroxylation is 1. The SMILES string of the molecule is C[C@H]1CCc2nc3ccccc3c(C(=O)OCC(=O)N3CCCC3)c2C1. The Balaban J connectivity index is 1.64. The van der Waals surface area contributed by atoms with E-state index >= 15 is 0 Å². The van der Waals surface area contributed by atoms with Crippen molar-refractivity contribution in [2.75, 3.05) is 19.7 Å². The number of ether oxygens (including phenoxy) is 1. The maximum absolute atomic E-state index is 12.9. The second kappa shape index (κ2) is 7.06. The first kappa shape index (κ1) is 17.0. The van der Waals surface area contributed by atoms with Gasteiger partial charge in [-0.25, -0.2) is 4.79 Å². The first-order valence-electron chi connectivity index (χ1n) is 9.49. The molecule has 0 saturated carbocycles. The minimum atomic E-state index is -0.401. The molecule has 5 nitrogen and oxygen atoms in total. The molecule has 2 aliphatic rings. The summed E-state index contributed by atoms with van der Waals surface area (Å²) in [6.07, 6.45) is 4.85. The summed E-state index contributed by atoms with van der Waals surface area (Å²) in [6, 6.07) is 7.69. The Bertz CT molecular complexity index is 856. The second-order valence-corrected chi connectivity index (χ2v) is 7.44. The highest BCUT2D eigenvalue weighted by molar-refractivity contribution is 6.05. The third-order valence-electron chi connectivity index (χ3n) is 5.50. The molecule has 1 aromatic carbocycles. The van der Waals surface area contributed by atoms with Gasteiger partial charge >= 0.3 is 5.97 Å². The van der Waals surface area contributed by atoms with Gasteiger partial charge in [-0.15, -0.1) is 0 Å². The largest absolute Gasteiger partial charge is 0.452 e. The van der Waals surface area contributed by atoms with Crippen molar-refractivity contribution in [2.24, 2.45) is 5.92 Å². The fourth-order valence-electron chi connectivity index (χ4n) is 4.05. The van der Waals surface area contributed by atoms with Crippen LogP contribution in [0.5, 0.6) is 0 Å². The van der Waals surface area contributed by atoms with Crippen molar-refractivity contribution < 1.29 is 14.3 Å². The van der Waals surface area contributed by atoms with E-state index in [1.165, 1.54) is 0 Å². The number of rotatable bonds is 3. The molecule has 2 aromatic rings. The molecule has 0 radical (unpaired) electrons. The van der Waals surface area contributed by atoms with Gasteiger partial charge in [-0.3, -0.25) is 9.78 Å². The van der Waals surface area contributed by atoms with Gasteiger partial charge in [0.25, 0.3) is 5.91 Å². The zero-order valence-electron chi connectivity index (χ0n) is 15.2. The zero-order chi connectivity index (χ0) is 18.1. The zero-order valence-corrected chi connectivity index (χ0v) is 15.2. The lowest BCUT2D eigenvalue weighted by molar-refractivity contribution is -0.133. The van der Waals surface area contributed by atoms with Crippen molar-refractivity contribution in [3.8, 4) is 0 Å². The van der Waals surface area contributed by atoms with E-state index in [9.17, 15) is 9.59 Å². The van der Waals surface area contributed by atoms with Gasteiger partial charge < -0.3 is 9.64 Å². The van der Waals surface area contributed by atoms with Crippen LogP contribution < -0.4 is 0 Å².